The number of carbonyl (C=O) groups excluding carboxylic acids is 2. The Labute approximate surface area is 167 Å². The molecule has 0 unspecified atom stereocenters. The summed E-state index contributed by atoms with van der Waals surface area (Å²) in [5.41, 5.74) is 2.14. The summed E-state index contributed by atoms with van der Waals surface area (Å²) in [7, 11) is 1.55. The van der Waals surface area contributed by atoms with Crippen LogP contribution in [-0.4, -0.2) is 25.0 Å². The van der Waals surface area contributed by atoms with Gasteiger partial charge in [0.2, 0.25) is 0 Å². The van der Waals surface area contributed by atoms with Gasteiger partial charge in [0.15, 0.2) is 0 Å². The molecule has 0 saturated heterocycles. The maximum atomic E-state index is 12.8. The summed E-state index contributed by atoms with van der Waals surface area (Å²) >= 11 is 1.38. The van der Waals surface area contributed by atoms with Crippen LogP contribution in [0.15, 0.2) is 60.7 Å². The standard InChI is InChI=1S/C22H20N2O3S/c1-27-18-13-19(14-6-3-2-4-7-14)28-20(18)22(26)24-17-9-5-8-15(12-17)21(25)23-16-10-11-16/h2-9,12-13,16H,10-11H2,1H3,(H,23,25)(H,24,26). The Bertz CT molecular complexity index is 1010. The zero-order valence-corrected chi connectivity index (χ0v) is 16.2. The minimum atomic E-state index is -0.260. The maximum absolute atomic E-state index is 12.8. The molecule has 1 saturated carbocycles. The van der Waals surface area contributed by atoms with Crippen molar-refractivity contribution >= 4 is 28.8 Å². The van der Waals surface area contributed by atoms with Crippen LogP contribution in [0.2, 0.25) is 0 Å². The zero-order valence-electron chi connectivity index (χ0n) is 15.4. The second-order valence-corrected chi connectivity index (χ2v) is 7.71. The highest BCUT2D eigenvalue weighted by Crippen LogP contribution is 2.36. The second kappa shape index (κ2) is 7.86. The molecule has 1 aromatic heterocycles. The van der Waals surface area contributed by atoms with Crippen LogP contribution < -0.4 is 15.4 Å². The molecule has 2 aromatic carbocycles. The van der Waals surface area contributed by atoms with Crippen molar-refractivity contribution in [2.45, 2.75) is 18.9 Å². The third-order valence-corrected chi connectivity index (χ3v) is 5.64. The summed E-state index contributed by atoms with van der Waals surface area (Å²) in [6.45, 7) is 0. The topological polar surface area (TPSA) is 67.4 Å². The number of rotatable bonds is 6. The monoisotopic (exact) mass is 392 g/mol. The van der Waals surface area contributed by atoms with Crippen LogP contribution in [-0.2, 0) is 0 Å². The fraction of sp³-hybridized carbons (Fsp3) is 0.182. The van der Waals surface area contributed by atoms with Crippen LogP contribution in [0.5, 0.6) is 5.75 Å². The Hall–Kier alpha value is -3.12. The van der Waals surface area contributed by atoms with Crippen molar-refractivity contribution in [2.75, 3.05) is 12.4 Å². The number of carbonyl (C=O) groups is 2. The minimum absolute atomic E-state index is 0.112. The maximum Gasteiger partial charge on any atom is 0.269 e. The molecule has 1 fully saturated rings. The van der Waals surface area contributed by atoms with Gasteiger partial charge < -0.3 is 15.4 Å². The summed E-state index contributed by atoms with van der Waals surface area (Å²) in [5, 5.41) is 5.83. The van der Waals surface area contributed by atoms with Crippen molar-refractivity contribution in [3.8, 4) is 16.2 Å². The first kappa shape index (κ1) is 18.3. The van der Waals surface area contributed by atoms with Crippen molar-refractivity contribution in [1.82, 2.24) is 5.32 Å². The number of benzene rings is 2. The molecular formula is C22H20N2O3S. The smallest absolute Gasteiger partial charge is 0.269 e. The number of hydrogen-bond acceptors (Lipinski definition) is 4. The van der Waals surface area contributed by atoms with Crippen molar-refractivity contribution in [3.63, 3.8) is 0 Å². The number of nitrogens with one attached hydrogen (secondary N) is 2. The lowest BCUT2D eigenvalue weighted by atomic mass is 10.2. The SMILES string of the molecule is COc1cc(-c2ccccc2)sc1C(=O)Nc1cccc(C(=O)NC2CC2)c1. The highest BCUT2D eigenvalue weighted by atomic mass is 32.1. The quantitative estimate of drug-likeness (QED) is 0.646. The Kier molecular flexibility index (Phi) is 5.12. The van der Waals surface area contributed by atoms with E-state index in [4.69, 9.17) is 4.74 Å². The molecule has 1 heterocycles. The summed E-state index contributed by atoms with van der Waals surface area (Å²) < 4.78 is 5.40. The van der Waals surface area contributed by atoms with Gasteiger partial charge >= 0.3 is 0 Å². The van der Waals surface area contributed by atoms with Crippen molar-refractivity contribution in [1.29, 1.82) is 0 Å². The summed E-state index contributed by atoms with van der Waals surface area (Å²) in [6, 6.07) is 19.0. The molecule has 2 amide bonds. The van der Waals surface area contributed by atoms with Gasteiger partial charge in [-0.25, -0.2) is 0 Å². The number of ether oxygens (including phenoxy) is 1. The molecule has 0 radical (unpaired) electrons. The molecule has 4 rings (SSSR count). The van der Waals surface area contributed by atoms with E-state index in [-0.39, 0.29) is 17.9 Å². The summed E-state index contributed by atoms with van der Waals surface area (Å²) in [5.74, 6) is 0.159. The van der Waals surface area contributed by atoms with Gasteiger partial charge in [0, 0.05) is 22.2 Å². The van der Waals surface area contributed by atoms with Crippen molar-refractivity contribution in [2.24, 2.45) is 0 Å². The number of methoxy groups -OCH3 is 1. The first-order chi connectivity index (χ1) is 13.6. The van der Waals surface area contributed by atoms with E-state index in [2.05, 4.69) is 10.6 Å². The fourth-order valence-corrected chi connectivity index (χ4v) is 3.88. The van der Waals surface area contributed by atoms with Crippen LogP contribution in [0.1, 0.15) is 32.9 Å². The van der Waals surface area contributed by atoms with Crippen LogP contribution >= 0.6 is 11.3 Å². The number of amides is 2. The van der Waals surface area contributed by atoms with Crippen LogP contribution in [0.4, 0.5) is 5.69 Å². The van der Waals surface area contributed by atoms with E-state index in [0.717, 1.165) is 23.3 Å². The van der Waals surface area contributed by atoms with Gasteiger partial charge in [-0.05, 0) is 42.7 Å². The first-order valence-corrected chi connectivity index (χ1v) is 9.91. The lowest BCUT2D eigenvalue weighted by Crippen LogP contribution is -2.25. The third-order valence-electron chi connectivity index (χ3n) is 4.48. The van der Waals surface area contributed by atoms with Gasteiger partial charge in [-0.2, -0.15) is 0 Å². The van der Waals surface area contributed by atoms with Crippen LogP contribution in [0.3, 0.4) is 0 Å². The average Bonchev–Trinajstić information content (AvgIpc) is 3.42. The van der Waals surface area contributed by atoms with E-state index in [1.54, 1.807) is 31.4 Å². The van der Waals surface area contributed by atoms with E-state index < -0.39 is 0 Å². The van der Waals surface area contributed by atoms with E-state index in [0.29, 0.717) is 21.9 Å². The minimum Gasteiger partial charge on any atom is -0.495 e. The Morgan fingerprint density at radius 2 is 1.79 bits per heavy atom. The van der Waals surface area contributed by atoms with Gasteiger partial charge in [-0.15, -0.1) is 11.3 Å². The van der Waals surface area contributed by atoms with Gasteiger partial charge in [-0.1, -0.05) is 36.4 Å². The van der Waals surface area contributed by atoms with Gasteiger partial charge in [-0.3, -0.25) is 9.59 Å². The number of anilines is 1. The van der Waals surface area contributed by atoms with Gasteiger partial charge in [0.05, 0.1) is 7.11 Å². The molecular weight excluding hydrogens is 372 g/mol. The largest absolute Gasteiger partial charge is 0.495 e. The van der Waals surface area contributed by atoms with E-state index in [1.165, 1.54) is 11.3 Å². The Morgan fingerprint density at radius 3 is 2.50 bits per heavy atom. The lowest BCUT2D eigenvalue weighted by Gasteiger charge is -2.08. The number of hydrogen-bond donors (Lipinski definition) is 2. The molecule has 1 aliphatic carbocycles. The highest BCUT2D eigenvalue weighted by Gasteiger charge is 2.24. The molecule has 142 valence electrons. The zero-order chi connectivity index (χ0) is 19.5. The normalized spacial score (nSPS) is 13.0. The molecule has 0 aliphatic heterocycles. The Morgan fingerprint density at radius 1 is 1.00 bits per heavy atom. The first-order valence-electron chi connectivity index (χ1n) is 9.09. The molecule has 6 heteroatoms. The molecule has 5 nitrogen and oxygen atoms in total. The highest BCUT2D eigenvalue weighted by molar-refractivity contribution is 7.17. The fourth-order valence-electron chi connectivity index (χ4n) is 2.85. The average molecular weight is 392 g/mol. The van der Waals surface area contributed by atoms with Crippen LogP contribution in [0.25, 0.3) is 10.4 Å². The van der Waals surface area contributed by atoms with E-state index >= 15 is 0 Å². The van der Waals surface area contributed by atoms with E-state index in [1.807, 2.05) is 36.4 Å². The third kappa shape index (κ3) is 4.07. The molecule has 2 N–H and O–H groups in total. The molecule has 1 aliphatic rings. The lowest BCUT2D eigenvalue weighted by molar-refractivity contribution is 0.0949. The number of thiophene rings is 1. The molecule has 0 atom stereocenters. The van der Waals surface area contributed by atoms with Crippen molar-refractivity contribution in [3.05, 3.63) is 71.1 Å². The predicted molar refractivity (Wildman–Crippen MR) is 111 cm³/mol. The molecule has 0 spiro atoms. The van der Waals surface area contributed by atoms with Crippen LogP contribution in [0, 0.1) is 0 Å². The summed E-state index contributed by atoms with van der Waals surface area (Å²) in [4.78, 5) is 26.5. The van der Waals surface area contributed by atoms with Crippen molar-refractivity contribution < 1.29 is 14.3 Å². The molecule has 0 bridgehead atoms. The summed E-state index contributed by atoms with van der Waals surface area (Å²) in [6.07, 6.45) is 2.06. The molecule has 3 aromatic rings. The van der Waals surface area contributed by atoms with Gasteiger partial charge in [0.1, 0.15) is 10.6 Å². The van der Waals surface area contributed by atoms with E-state index in [9.17, 15) is 9.59 Å². The Balaban J connectivity index is 1.53. The molecule has 28 heavy (non-hydrogen) atoms. The predicted octanol–water partition coefficient (Wildman–Crippen LogP) is 4.57. The van der Waals surface area contributed by atoms with Gasteiger partial charge in [0.25, 0.3) is 11.8 Å². The second-order valence-electron chi connectivity index (χ2n) is 6.66.